The molecule has 3 aromatic rings. The van der Waals surface area contributed by atoms with E-state index in [1.165, 1.54) is 33.1 Å². The Balaban J connectivity index is 1.60. The predicted molar refractivity (Wildman–Crippen MR) is 161 cm³/mol. The van der Waals surface area contributed by atoms with Gasteiger partial charge in [0.15, 0.2) is 12.0 Å². The first-order valence-electron chi connectivity index (χ1n) is 15.0. The van der Waals surface area contributed by atoms with Crippen molar-refractivity contribution >= 4 is 5.97 Å². The third kappa shape index (κ3) is 9.57. The van der Waals surface area contributed by atoms with Gasteiger partial charge in [0.25, 0.3) is 0 Å². The average Bonchev–Trinajstić information content (AvgIpc) is 2.99. The van der Waals surface area contributed by atoms with Crippen molar-refractivity contribution in [3.63, 3.8) is 0 Å². The Bertz CT molecular complexity index is 1230. The molecule has 0 fully saturated rings. The molecular weight excluding hydrogens is 541 g/mol. The summed E-state index contributed by atoms with van der Waals surface area (Å²) in [5.74, 6) is 0.121. The van der Waals surface area contributed by atoms with Gasteiger partial charge in [0.2, 0.25) is 5.67 Å². The van der Waals surface area contributed by atoms with Crippen LogP contribution in [-0.2, 0) is 4.79 Å². The molecule has 0 amide bonds. The summed E-state index contributed by atoms with van der Waals surface area (Å²) in [6.45, 7) is 6.37. The number of rotatable bonds is 17. The van der Waals surface area contributed by atoms with Crippen molar-refractivity contribution in [2.75, 3.05) is 0 Å². The Morgan fingerprint density at radius 2 is 1.50 bits per heavy atom. The maximum atomic E-state index is 15.0. The number of unbranched alkanes of at least 4 members (excludes halogenated alkanes) is 6. The Morgan fingerprint density at radius 1 is 0.881 bits per heavy atom. The number of alkyl halides is 3. The van der Waals surface area contributed by atoms with Gasteiger partial charge in [-0.15, -0.1) is 0 Å². The quantitative estimate of drug-likeness (QED) is 0.0898. The molecule has 3 rings (SSSR count). The summed E-state index contributed by atoms with van der Waals surface area (Å²) >= 11 is 0. The fourth-order valence-corrected chi connectivity index (χ4v) is 4.65. The van der Waals surface area contributed by atoms with E-state index in [0.29, 0.717) is 35.5 Å². The zero-order valence-electron chi connectivity index (χ0n) is 25.1. The van der Waals surface area contributed by atoms with E-state index in [0.717, 1.165) is 24.8 Å². The van der Waals surface area contributed by atoms with Crippen LogP contribution in [-0.4, -0.2) is 40.1 Å². The van der Waals surface area contributed by atoms with E-state index >= 15 is 0 Å². The lowest BCUT2D eigenvalue weighted by Gasteiger charge is -2.23. The number of nitrogens with zero attached hydrogens (tertiary/aromatic N) is 2. The third-order valence-electron chi connectivity index (χ3n) is 7.33. The van der Waals surface area contributed by atoms with Gasteiger partial charge in [-0.25, -0.2) is 27.9 Å². The number of para-hydroxylation sites is 1. The summed E-state index contributed by atoms with van der Waals surface area (Å²) in [6, 6.07) is 13.7. The summed E-state index contributed by atoms with van der Waals surface area (Å²) in [5.41, 5.74) is 0.0123. The Hall–Kier alpha value is -3.42. The van der Waals surface area contributed by atoms with Crippen molar-refractivity contribution in [3.05, 3.63) is 60.9 Å². The summed E-state index contributed by atoms with van der Waals surface area (Å²) in [6.07, 6.45) is 6.73. The molecule has 0 aliphatic heterocycles. The number of benzene rings is 2. The van der Waals surface area contributed by atoms with Gasteiger partial charge in [-0.1, -0.05) is 76.6 Å². The van der Waals surface area contributed by atoms with Crippen molar-refractivity contribution in [2.24, 2.45) is 0 Å². The van der Waals surface area contributed by atoms with Gasteiger partial charge < -0.3 is 9.47 Å². The van der Waals surface area contributed by atoms with Gasteiger partial charge in [-0.3, -0.25) is 0 Å². The molecule has 228 valence electrons. The smallest absolute Gasteiger partial charge is 0.348 e. The van der Waals surface area contributed by atoms with Crippen LogP contribution in [0.4, 0.5) is 13.2 Å². The first-order valence-corrected chi connectivity index (χ1v) is 15.0. The van der Waals surface area contributed by atoms with Gasteiger partial charge >= 0.3 is 5.97 Å². The maximum Gasteiger partial charge on any atom is 0.348 e. The number of hydrogen-bond acceptors (Lipinski definition) is 5. The van der Waals surface area contributed by atoms with Crippen molar-refractivity contribution in [1.29, 1.82) is 0 Å². The predicted octanol–water partition coefficient (Wildman–Crippen LogP) is 9.44. The van der Waals surface area contributed by atoms with Crippen LogP contribution in [0.3, 0.4) is 0 Å². The molecule has 0 aliphatic carbocycles. The molecule has 0 aliphatic rings. The summed E-state index contributed by atoms with van der Waals surface area (Å²) in [7, 11) is 0. The number of carbonyl (C=O) groups is 1. The minimum Gasteiger partial charge on any atom is -0.487 e. The number of esters is 1. The monoisotopic (exact) mass is 584 g/mol. The standard InChI is InChI=1S/C34H43F3N2O3/c1-5-7-8-9-10-11-14-21-34(4,37)33(40)41-27-19-17-25(18-20-27)26-22-38-32(39-23-26)28-15-12-13-16-30(28)42-29(6-2)31(36)24(3)35/h12-13,15-20,22-24,29,31H,5-11,14,21H2,1-4H3. The minimum atomic E-state index is -2.04. The molecule has 0 saturated heterocycles. The highest BCUT2D eigenvalue weighted by molar-refractivity contribution is 5.81. The zero-order valence-corrected chi connectivity index (χ0v) is 25.1. The third-order valence-corrected chi connectivity index (χ3v) is 7.33. The SMILES string of the molecule is CCCCCCCCCC(C)(F)C(=O)Oc1ccc(-c2cnc(-c3ccccc3OC(CC)C(F)C(C)F)nc2)cc1. The Kier molecular flexibility index (Phi) is 12.8. The molecular formula is C34H43F3N2O3. The van der Waals surface area contributed by atoms with Crippen molar-refractivity contribution in [3.8, 4) is 34.0 Å². The van der Waals surface area contributed by atoms with Crippen LogP contribution in [0.2, 0.25) is 0 Å². The lowest BCUT2D eigenvalue weighted by molar-refractivity contribution is -0.147. The molecule has 2 aromatic carbocycles. The molecule has 4 atom stereocenters. The van der Waals surface area contributed by atoms with E-state index in [9.17, 15) is 18.0 Å². The topological polar surface area (TPSA) is 61.3 Å². The highest BCUT2D eigenvalue weighted by atomic mass is 19.2. The second kappa shape index (κ2) is 16.3. The van der Waals surface area contributed by atoms with E-state index in [4.69, 9.17) is 9.47 Å². The fraction of sp³-hybridized carbons (Fsp3) is 0.500. The van der Waals surface area contributed by atoms with Crippen LogP contribution < -0.4 is 9.47 Å². The second-order valence-corrected chi connectivity index (χ2v) is 11.0. The lowest BCUT2D eigenvalue weighted by atomic mass is 9.99. The number of carbonyl (C=O) groups excluding carboxylic acids is 1. The van der Waals surface area contributed by atoms with E-state index in [1.54, 1.807) is 67.8 Å². The first-order chi connectivity index (χ1) is 20.2. The molecule has 0 radical (unpaired) electrons. The first kappa shape index (κ1) is 33.1. The van der Waals surface area contributed by atoms with Gasteiger partial charge in [-0.05, 0) is 62.9 Å². The Labute approximate surface area is 247 Å². The largest absolute Gasteiger partial charge is 0.487 e. The molecule has 1 heterocycles. The molecule has 8 heteroatoms. The number of hydrogen-bond donors (Lipinski definition) is 0. The van der Waals surface area contributed by atoms with Gasteiger partial charge in [0.1, 0.15) is 23.8 Å². The van der Waals surface area contributed by atoms with Gasteiger partial charge in [-0.2, -0.15) is 0 Å². The fourth-order valence-electron chi connectivity index (χ4n) is 4.65. The zero-order chi connectivity index (χ0) is 30.5. The molecule has 0 N–H and O–H groups in total. The van der Waals surface area contributed by atoms with E-state index < -0.39 is 30.1 Å². The maximum absolute atomic E-state index is 15.0. The molecule has 42 heavy (non-hydrogen) atoms. The summed E-state index contributed by atoms with van der Waals surface area (Å²) in [4.78, 5) is 21.4. The normalized spacial score (nSPS) is 14.9. The average molecular weight is 585 g/mol. The lowest BCUT2D eigenvalue weighted by Crippen LogP contribution is -2.34. The van der Waals surface area contributed by atoms with Crippen molar-refractivity contribution in [2.45, 2.75) is 110 Å². The Morgan fingerprint density at radius 3 is 2.12 bits per heavy atom. The number of aromatic nitrogens is 2. The van der Waals surface area contributed by atoms with Crippen molar-refractivity contribution in [1.82, 2.24) is 9.97 Å². The van der Waals surface area contributed by atoms with E-state index in [2.05, 4.69) is 16.9 Å². The molecule has 1 aromatic heterocycles. The molecule has 0 spiro atoms. The van der Waals surface area contributed by atoms with Crippen molar-refractivity contribution < 1.29 is 27.4 Å². The van der Waals surface area contributed by atoms with Crippen LogP contribution in [0, 0.1) is 0 Å². The molecule has 0 saturated carbocycles. The van der Waals surface area contributed by atoms with Crippen LogP contribution in [0.1, 0.15) is 85.5 Å². The van der Waals surface area contributed by atoms with Crippen LogP contribution >= 0.6 is 0 Å². The van der Waals surface area contributed by atoms with Crippen LogP contribution in [0.15, 0.2) is 60.9 Å². The molecule has 4 unspecified atom stereocenters. The van der Waals surface area contributed by atoms with Gasteiger partial charge in [0.05, 0.1) is 5.56 Å². The highest BCUT2D eigenvalue weighted by Gasteiger charge is 2.34. The number of halogens is 3. The molecule has 5 nitrogen and oxygen atoms in total. The second-order valence-electron chi connectivity index (χ2n) is 11.0. The van der Waals surface area contributed by atoms with E-state index in [-0.39, 0.29) is 12.2 Å². The summed E-state index contributed by atoms with van der Waals surface area (Å²) < 4.78 is 54.1. The summed E-state index contributed by atoms with van der Waals surface area (Å²) in [5, 5.41) is 0. The minimum absolute atomic E-state index is 0.137. The highest BCUT2D eigenvalue weighted by Crippen LogP contribution is 2.31. The molecule has 0 bridgehead atoms. The van der Waals surface area contributed by atoms with Crippen LogP contribution in [0.25, 0.3) is 22.5 Å². The van der Waals surface area contributed by atoms with Crippen LogP contribution in [0.5, 0.6) is 11.5 Å². The van der Waals surface area contributed by atoms with E-state index in [1.807, 2.05) is 0 Å². The number of ether oxygens (including phenoxy) is 2. The van der Waals surface area contributed by atoms with Gasteiger partial charge in [0, 0.05) is 18.0 Å².